The highest BCUT2D eigenvalue weighted by Crippen LogP contribution is 2.38. The van der Waals surface area contributed by atoms with E-state index in [4.69, 9.17) is 23.6 Å². The highest BCUT2D eigenvalue weighted by Gasteiger charge is 2.31. The number of sulfonamides is 1. The Balaban J connectivity index is 1.17. The topological polar surface area (TPSA) is 121 Å². The van der Waals surface area contributed by atoms with Crippen molar-refractivity contribution in [3.8, 4) is 28.1 Å². The summed E-state index contributed by atoms with van der Waals surface area (Å²) in [6, 6.07) is 5.55. The second-order valence-electron chi connectivity index (χ2n) is 9.81. The predicted molar refractivity (Wildman–Crippen MR) is 153 cm³/mol. The van der Waals surface area contributed by atoms with Crippen molar-refractivity contribution in [1.82, 2.24) is 23.9 Å². The van der Waals surface area contributed by atoms with Crippen molar-refractivity contribution in [2.75, 3.05) is 27.3 Å². The van der Waals surface area contributed by atoms with Gasteiger partial charge in [-0.25, -0.2) is 27.2 Å². The molecule has 0 saturated carbocycles. The van der Waals surface area contributed by atoms with Gasteiger partial charge >= 0.3 is 0 Å². The van der Waals surface area contributed by atoms with Crippen molar-refractivity contribution in [3.63, 3.8) is 0 Å². The molecule has 212 valence electrons. The molecule has 5 heterocycles. The van der Waals surface area contributed by atoms with Crippen LogP contribution < -0.4 is 14.2 Å². The van der Waals surface area contributed by atoms with Crippen LogP contribution in [-0.2, 0) is 16.6 Å². The van der Waals surface area contributed by atoms with Crippen LogP contribution in [0.5, 0.6) is 16.7 Å². The smallest absolute Gasteiger partial charge is 0.294 e. The van der Waals surface area contributed by atoms with Crippen LogP contribution in [0.2, 0.25) is 0 Å². The van der Waals surface area contributed by atoms with E-state index in [9.17, 15) is 8.42 Å². The zero-order chi connectivity index (χ0) is 28.0. The number of furan rings is 1. The van der Waals surface area contributed by atoms with Crippen LogP contribution >= 0.6 is 22.7 Å². The zero-order valence-electron chi connectivity index (χ0n) is 22.5. The van der Waals surface area contributed by atoms with Crippen LogP contribution in [0.25, 0.3) is 27.4 Å². The van der Waals surface area contributed by atoms with Crippen molar-refractivity contribution in [2.24, 2.45) is 0 Å². The highest BCUT2D eigenvalue weighted by atomic mass is 32.2. The predicted octanol–water partition coefficient (Wildman–Crippen LogP) is 5.17. The Hall–Kier alpha value is -3.20. The minimum atomic E-state index is -3.22. The van der Waals surface area contributed by atoms with Gasteiger partial charge < -0.3 is 18.6 Å². The molecule has 1 aliphatic heterocycles. The maximum atomic E-state index is 12.5. The molecule has 11 nitrogen and oxygen atoms in total. The van der Waals surface area contributed by atoms with E-state index in [2.05, 4.69) is 10.1 Å². The lowest BCUT2D eigenvalue weighted by Crippen LogP contribution is -2.41. The largest absolute Gasteiger partial charge is 0.496 e. The minimum Gasteiger partial charge on any atom is -0.496 e. The third kappa shape index (κ3) is 5.04. The number of hydrogen-bond donors (Lipinski definition) is 0. The molecule has 1 saturated heterocycles. The average molecular weight is 604 g/mol. The molecule has 0 amide bonds. The molecule has 5 aromatic rings. The third-order valence-electron chi connectivity index (χ3n) is 6.96. The van der Waals surface area contributed by atoms with Gasteiger partial charge in [-0.2, -0.15) is 0 Å². The molecule has 1 aromatic carbocycles. The van der Waals surface area contributed by atoms with E-state index < -0.39 is 15.3 Å². The molecule has 4 aromatic heterocycles. The fourth-order valence-corrected chi connectivity index (χ4v) is 7.70. The number of fused-ring (bicyclic) bond motifs is 2. The van der Waals surface area contributed by atoms with E-state index in [1.807, 2.05) is 23.6 Å². The molecule has 0 bridgehead atoms. The standard InChI is InChI=1S/C26H29N5O6S3/c1-15(2)40(32,33)30-7-5-16(6-8-30)24-27-17(14-38-24)13-36-21-9-18(34-3)10-22-19(21)11-23(37-22)20-12-31-25(28-20)39-26(29-31)35-4/h9-12,14-16H,5-8,13H2,1-4H3. The van der Waals surface area contributed by atoms with Crippen LogP contribution in [0.3, 0.4) is 0 Å². The summed E-state index contributed by atoms with van der Waals surface area (Å²) in [5.41, 5.74) is 2.10. The van der Waals surface area contributed by atoms with Gasteiger partial charge in [0.05, 0.1) is 41.8 Å². The summed E-state index contributed by atoms with van der Waals surface area (Å²) in [7, 11) is -0.0468. The number of nitrogens with zero attached hydrogens (tertiary/aromatic N) is 5. The van der Waals surface area contributed by atoms with E-state index in [1.165, 1.54) is 11.3 Å². The van der Waals surface area contributed by atoms with Crippen molar-refractivity contribution >= 4 is 48.6 Å². The first kappa shape index (κ1) is 27.0. The van der Waals surface area contributed by atoms with E-state index in [0.29, 0.717) is 51.8 Å². The SMILES string of the molecule is COc1cc(OCc2csc(C3CCN(S(=O)(=O)C(C)C)CC3)n2)c2cc(-c3cn4nc(OC)sc4n3)oc2c1. The molecule has 0 aliphatic carbocycles. The summed E-state index contributed by atoms with van der Waals surface area (Å²) >= 11 is 2.94. The number of imidazole rings is 1. The van der Waals surface area contributed by atoms with E-state index >= 15 is 0 Å². The number of thiazole rings is 1. The van der Waals surface area contributed by atoms with Crippen molar-refractivity contribution in [2.45, 2.75) is 44.5 Å². The molecular weight excluding hydrogens is 575 g/mol. The van der Waals surface area contributed by atoms with Gasteiger partial charge in [-0.05, 0) is 44.1 Å². The number of hydrogen-bond acceptors (Lipinski definition) is 11. The van der Waals surface area contributed by atoms with Crippen LogP contribution in [0.1, 0.15) is 43.3 Å². The number of benzene rings is 1. The van der Waals surface area contributed by atoms with Gasteiger partial charge in [0, 0.05) is 36.5 Å². The molecule has 1 fully saturated rings. The normalized spacial score (nSPS) is 15.4. The van der Waals surface area contributed by atoms with Crippen molar-refractivity contribution in [3.05, 3.63) is 40.5 Å². The van der Waals surface area contributed by atoms with Gasteiger partial charge in [-0.15, -0.1) is 16.4 Å². The van der Waals surface area contributed by atoms with Gasteiger partial charge in [-0.1, -0.05) is 0 Å². The van der Waals surface area contributed by atoms with Crippen LogP contribution in [0.15, 0.2) is 34.2 Å². The third-order valence-corrected chi connectivity index (χ3v) is 11.2. The summed E-state index contributed by atoms with van der Waals surface area (Å²) < 4.78 is 51.3. The monoisotopic (exact) mass is 603 g/mol. The summed E-state index contributed by atoms with van der Waals surface area (Å²) in [5.74, 6) is 2.07. The second kappa shape index (κ2) is 10.7. The Kier molecular flexibility index (Phi) is 7.19. The Morgan fingerprint density at radius 1 is 1.12 bits per heavy atom. The first-order valence-corrected chi connectivity index (χ1v) is 16.0. The summed E-state index contributed by atoms with van der Waals surface area (Å²) in [6.07, 6.45) is 3.33. The summed E-state index contributed by atoms with van der Waals surface area (Å²) in [4.78, 5) is 10.1. The zero-order valence-corrected chi connectivity index (χ0v) is 24.9. The number of piperidine rings is 1. The van der Waals surface area contributed by atoms with Crippen molar-refractivity contribution < 1.29 is 27.0 Å². The molecule has 0 spiro atoms. The number of methoxy groups -OCH3 is 2. The second-order valence-corrected chi connectivity index (χ2v) is 14.1. The fraction of sp³-hybridized carbons (Fsp3) is 0.423. The van der Waals surface area contributed by atoms with E-state index in [0.717, 1.165) is 28.9 Å². The molecule has 0 radical (unpaired) electrons. The lowest BCUT2D eigenvalue weighted by molar-refractivity contribution is 0.300. The maximum Gasteiger partial charge on any atom is 0.294 e. The van der Waals surface area contributed by atoms with Gasteiger partial charge in [0.2, 0.25) is 15.0 Å². The molecule has 0 unspecified atom stereocenters. The lowest BCUT2D eigenvalue weighted by Gasteiger charge is -2.31. The molecule has 1 aliphatic rings. The van der Waals surface area contributed by atoms with Crippen molar-refractivity contribution in [1.29, 1.82) is 0 Å². The average Bonchev–Trinajstić information content (AvgIpc) is 3.74. The Morgan fingerprint density at radius 3 is 2.62 bits per heavy atom. The molecule has 6 rings (SSSR count). The van der Waals surface area contributed by atoms with Gasteiger partial charge in [0.25, 0.3) is 5.19 Å². The van der Waals surface area contributed by atoms with Crippen LogP contribution in [-0.4, -0.2) is 64.9 Å². The Bertz CT molecular complexity index is 1730. The lowest BCUT2D eigenvalue weighted by atomic mass is 9.99. The van der Waals surface area contributed by atoms with Gasteiger partial charge in [-0.3, -0.25) is 0 Å². The quantitative estimate of drug-likeness (QED) is 0.224. The highest BCUT2D eigenvalue weighted by molar-refractivity contribution is 7.89. The maximum absolute atomic E-state index is 12.5. The molecular formula is C26H29N5O6S3. The fourth-order valence-electron chi connectivity index (χ4n) is 4.71. The molecule has 14 heteroatoms. The van der Waals surface area contributed by atoms with Crippen LogP contribution in [0.4, 0.5) is 0 Å². The number of aromatic nitrogens is 4. The number of rotatable bonds is 9. The van der Waals surface area contributed by atoms with Crippen LogP contribution in [0, 0.1) is 0 Å². The van der Waals surface area contributed by atoms with E-state index in [-0.39, 0.29) is 12.5 Å². The Labute approximate surface area is 239 Å². The molecule has 40 heavy (non-hydrogen) atoms. The number of ether oxygens (including phenoxy) is 3. The minimum absolute atomic E-state index is 0.247. The Morgan fingerprint density at radius 2 is 1.93 bits per heavy atom. The summed E-state index contributed by atoms with van der Waals surface area (Å²) in [6.45, 7) is 4.79. The van der Waals surface area contributed by atoms with E-state index in [1.54, 1.807) is 54.4 Å². The molecule has 0 N–H and O–H groups in total. The summed E-state index contributed by atoms with van der Waals surface area (Å²) in [5, 5.41) is 8.28. The first-order chi connectivity index (χ1) is 19.2. The molecule has 0 atom stereocenters. The first-order valence-electron chi connectivity index (χ1n) is 12.8. The van der Waals surface area contributed by atoms with Gasteiger partial charge in [0.15, 0.2) is 5.76 Å². The van der Waals surface area contributed by atoms with Gasteiger partial charge in [0.1, 0.15) is 29.4 Å².